The molecule has 0 radical (unpaired) electrons. The normalized spacial score (nSPS) is 15.8. The summed E-state index contributed by atoms with van der Waals surface area (Å²) in [7, 11) is -4.19. The molecule has 1 fully saturated rings. The molecular formula is C22H28FN3O3S. The second kappa shape index (κ2) is 9.57. The summed E-state index contributed by atoms with van der Waals surface area (Å²) in [6.45, 7) is 5.51. The van der Waals surface area contributed by atoms with E-state index in [1.54, 1.807) is 13.8 Å². The number of rotatable bonds is 7. The maximum atomic E-state index is 14.0. The van der Waals surface area contributed by atoms with E-state index in [1.807, 2.05) is 24.3 Å². The van der Waals surface area contributed by atoms with Crippen molar-refractivity contribution in [2.24, 2.45) is 5.92 Å². The Morgan fingerprint density at radius 2 is 1.63 bits per heavy atom. The van der Waals surface area contributed by atoms with Crippen molar-refractivity contribution in [2.75, 3.05) is 23.3 Å². The van der Waals surface area contributed by atoms with E-state index in [0.29, 0.717) is 5.69 Å². The highest BCUT2D eigenvalue weighted by Gasteiger charge is 2.30. The summed E-state index contributed by atoms with van der Waals surface area (Å²) >= 11 is 0. The van der Waals surface area contributed by atoms with E-state index in [2.05, 4.69) is 14.9 Å². The minimum Gasteiger partial charge on any atom is -0.372 e. The summed E-state index contributed by atoms with van der Waals surface area (Å²) in [6.07, 6.45) is 3.61. The lowest BCUT2D eigenvalue weighted by molar-refractivity contribution is -0.118. The molecule has 6 nitrogen and oxygen atoms in total. The van der Waals surface area contributed by atoms with Crippen molar-refractivity contribution in [1.29, 1.82) is 0 Å². The number of hydrogen-bond acceptors (Lipinski definition) is 4. The van der Waals surface area contributed by atoms with Crippen molar-refractivity contribution >= 4 is 27.3 Å². The smallest absolute Gasteiger partial charge is 0.244 e. The molecule has 2 N–H and O–H groups in total. The summed E-state index contributed by atoms with van der Waals surface area (Å²) in [5.41, 5.74) is 1.69. The van der Waals surface area contributed by atoms with E-state index < -0.39 is 32.7 Å². The third-order valence-electron chi connectivity index (χ3n) is 5.21. The first-order chi connectivity index (χ1) is 14.3. The summed E-state index contributed by atoms with van der Waals surface area (Å²) in [5.74, 6) is -1.68. The standard InChI is InChI=1S/C22H28FN3O3S/c1-16(2)21(25-30(28,29)20-9-5-4-8-19(20)23)22(27)24-17-10-12-18(13-11-17)26-14-6-3-7-15-26/h4-5,8-13,16,21,25H,3,6-7,14-15H2,1-2H3,(H,24,27). The first-order valence-electron chi connectivity index (χ1n) is 10.2. The third kappa shape index (κ3) is 5.37. The van der Waals surface area contributed by atoms with Gasteiger partial charge in [0.05, 0.1) is 0 Å². The fourth-order valence-corrected chi connectivity index (χ4v) is 4.94. The Morgan fingerprint density at radius 3 is 2.23 bits per heavy atom. The van der Waals surface area contributed by atoms with Gasteiger partial charge in [0, 0.05) is 24.5 Å². The van der Waals surface area contributed by atoms with Crippen LogP contribution in [-0.2, 0) is 14.8 Å². The maximum Gasteiger partial charge on any atom is 0.244 e. The minimum atomic E-state index is -4.19. The van der Waals surface area contributed by atoms with Crippen LogP contribution in [0.2, 0.25) is 0 Å². The summed E-state index contributed by atoms with van der Waals surface area (Å²) in [4.78, 5) is 14.6. The number of carbonyl (C=O) groups is 1. The molecule has 0 aliphatic carbocycles. The van der Waals surface area contributed by atoms with E-state index in [-0.39, 0.29) is 5.92 Å². The van der Waals surface area contributed by atoms with Crippen LogP contribution in [0.3, 0.4) is 0 Å². The van der Waals surface area contributed by atoms with Crippen molar-refractivity contribution in [3.8, 4) is 0 Å². The highest BCUT2D eigenvalue weighted by atomic mass is 32.2. The molecule has 162 valence electrons. The maximum absolute atomic E-state index is 14.0. The molecule has 0 saturated carbocycles. The zero-order valence-corrected chi connectivity index (χ0v) is 18.1. The predicted octanol–water partition coefficient (Wildman–Crippen LogP) is 3.76. The van der Waals surface area contributed by atoms with Crippen molar-refractivity contribution in [3.05, 3.63) is 54.3 Å². The number of hydrogen-bond donors (Lipinski definition) is 2. The Morgan fingerprint density at radius 1 is 1.00 bits per heavy atom. The number of nitrogens with one attached hydrogen (secondary N) is 2. The zero-order chi connectivity index (χ0) is 21.7. The molecule has 30 heavy (non-hydrogen) atoms. The van der Waals surface area contributed by atoms with Crippen LogP contribution in [-0.4, -0.2) is 33.5 Å². The lowest BCUT2D eigenvalue weighted by Gasteiger charge is -2.29. The third-order valence-corrected chi connectivity index (χ3v) is 6.69. The van der Waals surface area contributed by atoms with Gasteiger partial charge in [0.15, 0.2) is 0 Å². The van der Waals surface area contributed by atoms with E-state index in [4.69, 9.17) is 0 Å². The van der Waals surface area contributed by atoms with Gasteiger partial charge in [-0.2, -0.15) is 4.72 Å². The van der Waals surface area contributed by atoms with Crippen LogP contribution in [0.4, 0.5) is 15.8 Å². The van der Waals surface area contributed by atoms with Gasteiger partial charge in [-0.25, -0.2) is 12.8 Å². The SMILES string of the molecule is CC(C)C(NS(=O)(=O)c1ccccc1F)C(=O)Nc1ccc(N2CCCCC2)cc1. The second-order valence-electron chi connectivity index (χ2n) is 7.86. The van der Waals surface area contributed by atoms with Gasteiger partial charge in [-0.15, -0.1) is 0 Å². The molecule has 1 unspecified atom stereocenters. The summed E-state index contributed by atoms with van der Waals surface area (Å²) < 4.78 is 41.5. The van der Waals surface area contributed by atoms with E-state index >= 15 is 0 Å². The van der Waals surface area contributed by atoms with Crippen LogP contribution in [0.15, 0.2) is 53.4 Å². The first-order valence-corrected chi connectivity index (χ1v) is 11.7. The highest BCUT2D eigenvalue weighted by Crippen LogP contribution is 2.22. The number of sulfonamides is 1. The lowest BCUT2D eigenvalue weighted by Crippen LogP contribution is -2.47. The van der Waals surface area contributed by atoms with Crippen LogP contribution in [0.5, 0.6) is 0 Å². The molecule has 0 bridgehead atoms. The number of benzene rings is 2. The van der Waals surface area contributed by atoms with E-state index in [9.17, 15) is 17.6 Å². The molecular weight excluding hydrogens is 405 g/mol. The number of nitrogens with zero attached hydrogens (tertiary/aromatic N) is 1. The molecule has 8 heteroatoms. The lowest BCUT2D eigenvalue weighted by atomic mass is 10.0. The van der Waals surface area contributed by atoms with Crippen molar-refractivity contribution < 1.29 is 17.6 Å². The van der Waals surface area contributed by atoms with Gasteiger partial charge < -0.3 is 10.2 Å². The fourth-order valence-electron chi connectivity index (χ4n) is 3.51. The molecule has 1 amide bonds. The first kappa shape index (κ1) is 22.2. The Bertz CT molecular complexity index is 971. The number of carbonyl (C=O) groups excluding carboxylic acids is 1. The average Bonchev–Trinajstić information content (AvgIpc) is 2.73. The van der Waals surface area contributed by atoms with Crippen LogP contribution < -0.4 is 14.9 Å². The van der Waals surface area contributed by atoms with Gasteiger partial charge in [0.1, 0.15) is 16.8 Å². The molecule has 1 saturated heterocycles. The molecule has 3 rings (SSSR count). The van der Waals surface area contributed by atoms with E-state index in [1.165, 1.54) is 37.5 Å². The van der Waals surface area contributed by atoms with Crippen molar-refractivity contribution in [1.82, 2.24) is 4.72 Å². The highest BCUT2D eigenvalue weighted by molar-refractivity contribution is 7.89. The molecule has 1 aliphatic heterocycles. The Kier molecular flexibility index (Phi) is 7.10. The van der Waals surface area contributed by atoms with Crippen LogP contribution in [0.25, 0.3) is 0 Å². The number of halogens is 1. The summed E-state index contributed by atoms with van der Waals surface area (Å²) in [5, 5.41) is 2.76. The van der Waals surface area contributed by atoms with Crippen molar-refractivity contribution in [3.63, 3.8) is 0 Å². The van der Waals surface area contributed by atoms with Crippen molar-refractivity contribution in [2.45, 2.75) is 44.0 Å². The monoisotopic (exact) mass is 433 g/mol. The molecule has 1 aliphatic rings. The van der Waals surface area contributed by atoms with Gasteiger partial charge in [-0.05, 0) is 61.6 Å². The Labute approximate surface area is 177 Å². The molecule has 2 aromatic rings. The molecule has 1 atom stereocenters. The number of amides is 1. The molecule has 2 aromatic carbocycles. The molecule has 0 spiro atoms. The zero-order valence-electron chi connectivity index (χ0n) is 17.3. The van der Waals surface area contributed by atoms with Gasteiger partial charge in [-0.3, -0.25) is 4.79 Å². The van der Waals surface area contributed by atoms with Gasteiger partial charge in [0.2, 0.25) is 15.9 Å². The van der Waals surface area contributed by atoms with Gasteiger partial charge in [0.25, 0.3) is 0 Å². The largest absolute Gasteiger partial charge is 0.372 e. The van der Waals surface area contributed by atoms with E-state index in [0.717, 1.165) is 24.8 Å². The topological polar surface area (TPSA) is 78.5 Å². The predicted molar refractivity (Wildman–Crippen MR) is 116 cm³/mol. The molecule has 0 aromatic heterocycles. The number of piperidine rings is 1. The minimum absolute atomic E-state index is 0.334. The summed E-state index contributed by atoms with van der Waals surface area (Å²) in [6, 6.07) is 11.6. The average molecular weight is 434 g/mol. The van der Waals surface area contributed by atoms with Crippen LogP contribution in [0, 0.1) is 11.7 Å². The van der Waals surface area contributed by atoms with Crippen LogP contribution >= 0.6 is 0 Å². The second-order valence-corrected chi connectivity index (χ2v) is 9.54. The fraction of sp³-hybridized carbons (Fsp3) is 0.409. The Balaban J connectivity index is 1.70. The molecule has 1 heterocycles. The number of anilines is 2. The van der Waals surface area contributed by atoms with Gasteiger partial charge >= 0.3 is 0 Å². The quantitative estimate of drug-likeness (QED) is 0.697. The van der Waals surface area contributed by atoms with Gasteiger partial charge in [-0.1, -0.05) is 26.0 Å². The van der Waals surface area contributed by atoms with Crippen LogP contribution in [0.1, 0.15) is 33.1 Å². The Hall–Kier alpha value is -2.45.